The zero-order valence-electron chi connectivity index (χ0n) is 18.2. The Balaban J connectivity index is 1.78. The second-order valence-corrected chi connectivity index (χ2v) is 8.89. The highest BCUT2D eigenvalue weighted by atomic mass is 35.5. The number of benzene rings is 3. The number of carboxylic acids is 1. The van der Waals surface area contributed by atoms with Crippen LogP contribution >= 0.6 is 34.8 Å². The van der Waals surface area contributed by atoms with Crippen LogP contribution in [0, 0.1) is 0 Å². The van der Waals surface area contributed by atoms with E-state index in [0.29, 0.717) is 32.9 Å². The monoisotopic (exact) mass is 514 g/mol. The van der Waals surface area contributed by atoms with Gasteiger partial charge in [-0.1, -0.05) is 53.0 Å². The molecule has 0 saturated heterocycles. The second-order valence-electron chi connectivity index (χ2n) is 7.64. The number of aromatic nitrogens is 2. The lowest BCUT2D eigenvalue weighted by molar-refractivity contribution is -0.138. The van der Waals surface area contributed by atoms with E-state index in [1.807, 2.05) is 43.3 Å². The summed E-state index contributed by atoms with van der Waals surface area (Å²) in [5.74, 6) is -1.00. The molecule has 0 saturated carbocycles. The summed E-state index contributed by atoms with van der Waals surface area (Å²) in [5.41, 5.74) is 3.59. The Bertz CT molecular complexity index is 1320. The fraction of sp³-hybridized carbons (Fsp3) is 0.154. The van der Waals surface area contributed by atoms with Gasteiger partial charge < -0.3 is 9.84 Å². The van der Waals surface area contributed by atoms with Crippen molar-refractivity contribution in [1.29, 1.82) is 0 Å². The lowest BCUT2D eigenvalue weighted by Crippen LogP contribution is -2.15. The Morgan fingerprint density at radius 1 is 1.00 bits per heavy atom. The third-order valence-electron chi connectivity index (χ3n) is 5.33. The van der Waals surface area contributed by atoms with Crippen molar-refractivity contribution in [2.24, 2.45) is 0 Å². The Labute approximate surface area is 212 Å². The van der Waals surface area contributed by atoms with Crippen molar-refractivity contribution >= 4 is 40.8 Å². The molecule has 1 unspecified atom stereocenters. The van der Waals surface area contributed by atoms with Gasteiger partial charge in [0.2, 0.25) is 0 Å². The van der Waals surface area contributed by atoms with Crippen LogP contribution in [0.3, 0.4) is 0 Å². The van der Waals surface area contributed by atoms with Crippen LogP contribution in [0.2, 0.25) is 15.1 Å². The summed E-state index contributed by atoms with van der Waals surface area (Å²) in [4.78, 5) is 12.1. The van der Waals surface area contributed by atoms with Crippen molar-refractivity contribution in [3.8, 4) is 22.7 Å². The minimum atomic E-state index is -0.950. The molecular weight excluding hydrogens is 495 g/mol. The number of halogens is 3. The Morgan fingerprint density at radius 2 is 1.76 bits per heavy atom. The maximum absolute atomic E-state index is 12.1. The van der Waals surface area contributed by atoms with E-state index < -0.39 is 11.9 Å². The topological polar surface area (TPSA) is 64.4 Å². The van der Waals surface area contributed by atoms with Gasteiger partial charge in [-0.05, 0) is 67.1 Å². The van der Waals surface area contributed by atoms with E-state index >= 15 is 0 Å². The number of carboxylic acid groups (broad SMARTS) is 1. The number of hydrogen-bond donors (Lipinski definition) is 1. The van der Waals surface area contributed by atoms with Crippen LogP contribution in [-0.4, -0.2) is 27.5 Å². The van der Waals surface area contributed by atoms with Crippen molar-refractivity contribution in [3.05, 3.63) is 99.1 Å². The zero-order valence-corrected chi connectivity index (χ0v) is 20.5. The van der Waals surface area contributed by atoms with Gasteiger partial charge in [-0.15, -0.1) is 0 Å². The first-order valence-corrected chi connectivity index (χ1v) is 11.7. The molecule has 8 heteroatoms. The molecule has 0 aliphatic rings. The highest BCUT2D eigenvalue weighted by molar-refractivity contribution is 6.42. The van der Waals surface area contributed by atoms with E-state index in [-0.39, 0.29) is 6.42 Å². The smallest absolute Gasteiger partial charge is 0.311 e. The van der Waals surface area contributed by atoms with Crippen molar-refractivity contribution < 1.29 is 14.6 Å². The van der Waals surface area contributed by atoms with E-state index in [1.54, 1.807) is 41.1 Å². The van der Waals surface area contributed by atoms with Crippen molar-refractivity contribution in [3.63, 3.8) is 0 Å². The normalized spacial score (nSPS) is 11.9. The Hall–Kier alpha value is -2.99. The second kappa shape index (κ2) is 10.5. The van der Waals surface area contributed by atoms with Crippen LogP contribution in [0.25, 0.3) is 16.9 Å². The minimum absolute atomic E-state index is 0.189. The first-order chi connectivity index (χ1) is 16.4. The molecule has 0 bridgehead atoms. The van der Waals surface area contributed by atoms with Crippen LogP contribution in [0.5, 0.6) is 5.75 Å². The fourth-order valence-corrected chi connectivity index (χ4v) is 4.22. The zero-order chi connectivity index (χ0) is 24.2. The predicted molar refractivity (Wildman–Crippen MR) is 136 cm³/mol. The SMILES string of the molecule is CCOc1ccc(-n2nc(CC(C(=O)O)c3cccc(Cl)c3)cc2-c2ccc(Cl)c(Cl)c2)cc1. The minimum Gasteiger partial charge on any atom is -0.494 e. The lowest BCUT2D eigenvalue weighted by Gasteiger charge is -2.11. The predicted octanol–water partition coefficient (Wildman–Crippen LogP) is 7.31. The molecule has 1 heterocycles. The number of carbonyl (C=O) groups is 1. The highest BCUT2D eigenvalue weighted by Gasteiger charge is 2.23. The molecular formula is C26H21Cl3N2O3. The third-order valence-corrected chi connectivity index (χ3v) is 6.30. The molecule has 0 aliphatic heterocycles. The Morgan fingerprint density at radius 3 is 2.41 bits per heavy atom. The van der Waals surface area contributed by atoms with E-state index in [1.165, 1.54) is 0 Å². The molecule has 0 radical (unpaired) electrons. The van der Waals surface area contributed by atoms with Crippen LogP contribution < -0.4 is 4.74 Å². The summed E-state index contributed by atoms with van der Waals surface area (Å²) < 4.78 is 7.31. The number of ether oxygens (including phenoxy) is 1. The van der Waals surface area contributed by atoms with Gasteiger partial charge >= 0.3 is 5.97 Å². The number of aliphatic carboxylic acids is 1. The van der Waals surface area contributed by atoms with Crippen LogP contribution in [-0.2, 0) is 11.2 Å². The number of rotatable bonds is 8. The summed E-state index contributed by atoms with van der Waals surface area (Å²) in [5, 5.41) is 16.0. The first-order valence-electron chi connectivity index (χ1n) is 10.6. The largest absolute Gasteiger partial charge is 0.494 e. The molecule has 0 fully saturated rings. The van der Waals surface area contributed by atoms with Gasteiger partial charge in [0, 0.05) is 17.0 Å². The summed E-state index contributed by atoms with van der Waals surface area (Å²) in [6.07, 6.45) is 0.189. The summed E-state index contributed by atoms with van der Waals surface area (Å²) in [6, 6.07) is 21.6. The molecule has 174 valence electrons. The fourth-order valence-electron chi connectivity index (χ4n) is 3.72. The summed E-state index contributed by atoms with van der Waals surface area (Å²) in [6.45, 7) is 2.49. The van der Waals surface area contributed by atoms with Gasteiger partial charge in [0.1, 0.15) is 5.75 Å². The lowest BCUT2D eigenvalue weighted by atomic mass is 9.94. The molecule has 34 heavy (non-hydrogen) atoms. The molecule has 4 rings (SSSR count). The molecule has 4 aromatic rings. The number of hydrogen-bond acceptors (Lipinski definition) is 3. The maximum atomic E-state index is 12.1. The van der Waals surface area contributed by atoms with Crippen molar-refractivity contribution in [2.45, 2.75) is 19.3 Å². The summed E-state index contributed by atoms with van der Waals surface area (Å²) in [7, 11) is 0. The standard InChI is InChI=1S/C26H21Cl3N2O3/c1-2-34-21-9-7-20(8-10-21)31-25(17-6-11-23(28)24(29)13-17)15-19(30-31)14-22(26(32)33)16-4-3-5-18(27)12-16/h3-13,15,22H,2,14H2,1H3,(H,32,33). The molecule has 3 aromatic carbocycles. The van der Waals surface area contributed by atoms with Gasteiger partial charge in [-0.2, -0.15) is 5.10 Å². The van der Waals surface area contributed by atoms with Gasteiger partial charge in [0.15, 0.2) is 0 Å². The Kier molecular flexibility index (Phi) is 7.47. The average Bonchev–Trinajstić information content (AvgIpc) is 3.24. The molecule has 1 N–H and O–H groups in total. The van der Waals surface area contributed by atoms with Gasteiger partial charge in [0.25, 0.3) is 0 Å². The number of nitrogens with zero attached hydrogens (tertiary/aromatic N) is 2. The van der Waals surface area contributed by atoms with Crippen LogP contribution in [0.15, 0.2) is 72.8 Å². The molecule has 0 spiro atoms. The maximum Gasteiger partial charge on any atom is 0.311 e. The molecule has 0 amide bonds. The van der Waals surface area contributed by atoms with Crippen LogP contribution in [0.4, 0.5) is 0 Å². The quantitative estimate of drug-likeness (QED) is 0.267. The highest BCUT2D eigenvalue weighted by Crippen LogP contribution is 2.32. The molecule has 1 aromatic heterocycles. The van der Waals surface area contributed by atoms with Gasteiger partial charge in [-0.3, -0.25) is 4.79 Å². The molecule has 5 nitrogen and oxygen atoms in total. The third kappa shape index (κ3) is 5.39. The van der Waals surface area contributed by atoms with E-state index in [0.717, 1.165) is 22.7 Å². The summed E-state index contributed by atoms with van der Waals surface area (Å²) >= 11 is 18.5. The molecule has 0 aliphatic carbocycles. The first kappa shape index (κ1) is 24.1. The van der Waals surface area contributed by atoms with E-state index in [4.69, 9.17) is 44.6 Å². The van der Waals surface area contributed by atoms with Crippen molar-refractivity contribution in [1.82, 2.24) is 9.78 Å². The van der Waals surface area contributed by atoms with Gasteiger partial charge in [-0.25, -0.2) is 4.68 Å². The van der Waals surface area contributed by atoms with Gasteiger partial charge in [0.05, 0.1) is 39.6 Å². The van der Waals surface area contributed by atoms with E-state index in [2.05, 4.69) is 0 Å². The molecule has 1 atom stereocenters. The van der Waals surface area contributed by atoms with Crippen LogP contribution in [0.1, 0.15) is 24.1 Å². The van der Waals surface area contributed by atoms with Crippen molar-refractivity contribution in [2.75, 3.05) is 6.61 Å². The average molecular weight is 516 g/mol. The van der Waals surface area contributed by atoms with E-state index in [9.17, 15) is 9.90 Å².